The van der Waals surface area contributed by atoms with Gasteiger partial charge in [0.15, 0.2) is 0 Å². The smallest absolute Gasteiger partial charge is 0.304 e. The minimum Gasteiger partial charge on any atom is -0.304 e. The molecule has 3 aromatic heterocycles. The van der Waals surface area contributed by atoms with Gasteiger partial charge in [-0.15, -0.1) is 101 Å². The molecule has 3 heterocycles. The molecule has 0 aliphatic rings. The Labute approximate surface area is 433 Å². The van der Waals surface area contributed by atoms with Gasteiger partial charge < -0.3 is 15.0 Å². The first-order valence-corrected chi connectivity index (χ1v) is 23.6. The fourth-order valence-electron chi connectivity index (χ4n) is 8.32. The first kappa shape index (κ1) is 49.3. The molecule has 344 valence electrons. The molecule has 0 fully saturated rings. The molecule has 0 spiro atoms. The number of benzene rings is 8. The van der Waals surface area contributed by atoms with Crippen molar-refractivity contribution in [2.75, 3.05) is 0 Å². The summed E-state index contributed by atoms with van der Waals surface area (Å²) in [6, 6.07) is 87.0. The van der Waals surface area contributed by atoms with Crippen LogP contribution in [0.5, 0.6) is 0 Å². The topological polar surface area (TPSA) is 38.7 Å². The Kier molecular flexibility index (Phi) is 16.6. The first-order valence-electron chi connectivity index (χ1n) is 23.6. The van der Waals surface area contributed by atoms with Crippen LogP contribution in [0.1, 0.15) is 22.3 Å². The summed E-state index contributed by atoms with van der Waals surface area (Å²) in [5, 5.41) is 0. The molecule has 0 atom stereocenters. The van der Waals surface area contributed by atoms with Gasteiger partial charge in [-0.1, -0.05) is 176 Å². The summed E-state index contributed by atoms with van der Waals surface area (Å²) in [4.78, 5) is 13.7. The van der Waals surface area contributed by atoms with Crippen LogP contribution in [0.2, 0.25) is 0 Å². The van der Waals surface area contributed by atoms with E-state index in [-0.39, 0.29) is 20.1 Å². The maximum atomic E-state index is 4.60. The van der Waals surface area contributed by atoms with Gasteiger partial charge in [-0.2, -0.15) is 0 Å². The van der Waals surface area contributed by atoms with Crippen LogP contribution < -0.4 is 0 Å². The van der Waals surface area contributed by atoms with Crippen LogP contribution in [0.25, 0.3) is 89.4 Å². The van der Waals surface area contributed by atoms with Crippen molar-refractivity contribution in [1.82, 2.24) is 15.0 Å². The predicted molar refractivity (Wildman–Crippen MR) is 292 cm³/mol. The summed E-state index contributed by atoms with van der Waals surface area (Å²) < 4.78 is 0. The second-order valence-electron chi connectivity index (χ2n) is 17.2. The van der Waals surface area contributed by atoms with Crippen molar-refractivity contribution in [3.63, 3.8) is 0 Å². The van der Waals surface area contributed by atoms with E-state index in [1.807, 2.05) is 110 Å². The van der Waals surface area contributed by atoms with Gasteiger partial charge in [-0.05, 0) is 105 Å². The Morgan fingerprint density at radius 3 is 1.35 bits per heavy atom. The summed E-state index contributed by atoms with van der Waals surface area (Å²) in [5.74, 6) is 0. The fraction of sp³-hybridized carbons (Fsp3) is 0.0597. The second-order valence-corrected chi connectivity index (χ2v) is 17.2. The van der Waals surface area contributed by atoms with Crippen LogP contribution in [0.3, 0.4) is 0 Å². The molecule has 0 saturated heterocycles. The van der Waals surface area contributed by atoms with Crippen molar-refractivity contribution in [2.24, 2.45) is 0 Å². The van der Waals surface area contributed by atoms with Gasteiger partial charge in [-0.25, -0.2) is 0 Å². The summed E-state index contributed by atoms with van der Waals surface area (Å²) in [5.41, 5.74) is 23.0. The number of aryl methyl sites for hydroxylation is 4. The summed E-state index contributed by atoms with van der Waals surface area (Å²) in [6.07, 6.45) is 5.77. The van der Waals surface area contributed by atoms with E-state index >= 15 is 0 Å². The molecule has 11 aromatic rings. The van der Waals surface area contributed by atoms with Gasteiger partial charge in [0.1, 0.15) is 0 Å². The van der Waals surface area contributed by atoms with Crippen LogP contribution in [-0.2, 0) is 20.1 Å². The molecule has 0 radical (unpaired) electrons. The number of rotatable bonds is 8. The standard InChI is InChI=1S/C25H20N.C23H16N.C19H16N.Ir/c1-18-15-22(20-9-5-3-6-10-20)13-14-23(18)24-16-25(26-17-19(24)2)21-11-7-4-8-12-21;1-3-7-18(8-4-1)19-11-13-20(14-12-19)22-15-16-23(24-17-22)21-9-5-2-6-10-21;1-14-8-11-19(20-13-14)17-10-9-15(2)18(12-17)16-6-4-3-5-7-16;/h3-11,13-17H,1-2H3;1-9,11-17H;3-9,11-13H,1-2H3;/q3*-1;+3. The van der Waals surface area contributed by atoms with Gasteiger partial charge in [-0.3, -0.25) is 0 Å². The van der Waals surface area contributed by atoms with Gasteiger partial charge in [0.25, 0.3) is 0 Å². The number of hydrogen-bond acceptors (Lipinski definition) is 3. The molecule has 8 aromatic carbocycles. The number of hydrogen-bond donors (Lipinski definition) is 0. The summed E-state index contributed by atoms with van der Waals surface area (Å²) in [7, 11) is 0. The van der Waals surface area contributed by atoms with Gasteiger partial charge in [0.05, 0.1) is 0 Å². The summed E-state index contributed by atoms with van der Waals surface area (Å²) >= 11 is 0. The number of nitrogens with zero attached hydrogens (tertiary/aromatic N) is 3. The van der Waals surface area contributed by atoms with E-state index in [0.717, 1.165) is 39.3 Å². The Hall–Kier alpha value is -8.14. The fourth-order valence-corrected chi connectivity index (χ4v) is 8.32. The zero-order valence-electron chi connectivity index (χ0n) is 40.3. The molecule has 0 N–H and O–H groups in total. The molecule has 71 heavy (non-hydrogen) atoms. The van der Waals surface area contributed by atoms with Crippen LogP contribution in [0, 0.1) is 45.9 Å². The zero-order valence-corrected chi connectivity index (χ0v) is 42.7. The molecular formula is C67H52IrN3. The maximum absolute atomic E-state index is 4.60. The maximum Gasteiger partial charge on any atom is 3.00 e. The van der Waals surface area contributed by atoms with Crippen molar-refractivity contribution < 1.29 is 20.1 Å². The molecule has 0 amide bonds. The minimum absolute atomic E-state index is 0. The van der Waals surface area contributed by atoms with Crippen molar-refractivity contribution in [3.05, 3.63) is 283 Å². The number of aromatic nitrogens is 3. The van der Waals surface area contributed by atoms with Gasteiger partial charge >= 0.3 is 20.1 Å². The van der Waals surface area contributed by atoms with Gasteiger partial charge in [0, 0.05) is 18.6 Å². The van der Waals surface area contributed by atoms with Crippen LogP contribution in [0.4, 0.5) is 0 Å². The SMILES string of the molecule is Cc1cc(-c2ccccc2)ccc1-c1cc(-c2[c-]cccc2)ncc1C.Cc1ccc(-c2[c-]cc(C)c(-c3ccccc3)c2)nc1.[Ir+3].[c-]1ccccc1-c1ccc(-c2ccc(-c3ccccc3)cc2)cn1. The van der Waals surface area contributed by atoms with E-state index in [9.17, 15) is 0 Å². The third kappa shape index (κ3) is 12.6. The molecule has 3 nitrogen and oxygen atoms in total. The predicted octanol–water partition coefficient (Wildman–Crippen LogP) is 17.2. The van der Waals surface area contributed by atoms with Crippen LogP contribution >= 0.6 is 0 Å². The van der Waals surface area contributed by atoms with E-state index in [2.05, 4.69) is 193 Å². The van der Waals surface area contributed by atoms with E-state index in [4.69, 9.17) is 0 Å². The largest absolute Gasteiger partial charge is 3.00 e. The average molecular weight is 1090 g/mol. The second kappa shape index (κ2) is 23.9. The normalized spacial score (nSPS) is 10.4. The quantitative estimate of drug-likeness (QED) is 0.142. The zero-order chi connectivity index (χ0) is 48.1. The molecule has 0 unspecified atom stereocenters. The molecule has 0 saturated carbocycles. The van der Waals surface area contributed by atoms with Crippen molar-refractivity contribution in [2.45, 2.75) is 27.7 Å². The van der Waals surface area contributed by atoms with Crippen LogP contribution in [-0.4, -0.2) is 15.0 Å². The molecule has 11 rings (SSSR count). The van der Waals surface area contributed by atoms with Crippen molar-refractivity contribution in [3.8, 4) is 89.4 Å². The molecule has 0 aliphatic heterocycles. The first-order chi connectivity index (χ1) is 34.4. The molecule has 0 aliphatic carbocycles. The Morgan fingerprint density at radius 1 is 0.296 bits per heavy atom. The third-order valence-corrected chi connectivity index (χ3v) is 12.2. The molecule has 0 bridgehead atoms. The Morgan fingerprint density at radius 2 is 0.789 bits per heavy atom. The van der Waals surface area contributed by atoms with Crippen molar-refractivity contribution >= 4 is 0 Å². The van der Waals surface area contributed by atoms with Gasteiger partial charge in [0.2, 0.25) is 0 Å². The van der Waals surface area contributed by atoms with E-state index < -0.39 is 0 Å². The van der Waals surface area contributed by atoms with E-state index in [1.165, 1.54) is 72.3 Å². The molecular weight excluding hydrogens is 1040 g/mol. The minimum atomic E-state index is 0. The van der Waals surface area contributed by atoms with Crippen molar-refractivity contribution in [1.29, 1.82) is 0 Å². The third-order valence-electron chi connectivity index (χ3n) is 12.2. The Balaban J connectivity index is 0.000000143. The average Bonchev–Trinajstić information content (AvgIpc) is 3.43. The van der Waals surface area contributed by atoms with E-state index in [1.54, 1.807) is 0 Å². The van der Waals surface area contributed by atoms with E-state index in [0.29, 0.717) is 0 Å². The van der Waals surface area contributed by atoms with Crippen LogP contribution in [0.15, 0.2) is 243 Å². The summed E-state index contributed by atoms with van der Waals surface area (Å²) in [6.45, 7) is 8.46. The molecule has 4 heteroatoms. The Bertz CT molecular complexity index is 3320. The monoisotopic (exact) mass is 1090 g/mol. The number of pyridine rings is 3.